The van der Waals surface area contributed by atoms with E-state index in [4.69, 9.17) is 9.41 Å². The summed E-state index contributed by atoms with van der Waals surface area (Å²) in [6.45, 7) is 9.08. The van der Waals surface area contributed by atoms with Gasteiger partial charge in [0, 0.05) is 26.2 Å². The van der Waals surface area contributed by atoms with Gasteiger partial charge in [-0.25, -0.2) is 12.7 Å². The van der Waals surface area contributed by atoms with Gasteiger partial charge in [-0.3, -0.25) is 9.89 Å². The molecule has 1 unspecified atom stereocenters. The first-order valence-electron chi connectivity index (χ1n) is 10.7. The van der Waals surface area contributed by atoms with E-state index in [1.807, 2.05) is 26.0 Å². The number of hydrogen-bond donors (Lipinski definition) is 2. The van der Waals surface area contributed by atoms with Crippen LogP contribution in [0.25, 0.3) is 0 Å². The van der Waals surface area contributed by atoms with Gasteiger partial charge in [-0.05, 0) is 51.4 Å². The minimum Gasteiger partial charge on any atom is -0.468 e. The van der Waals surface area contributed by atoms with E-state index in [1.165, 1.54) is 29.8 Å². The number of nitrogens with one attached hydrogen (secondary N) is 2. The van der Waals surface area contributed by atoms with Crippen molar-refractivity contribution in [1.82, 2.24) is 19.8 Å². The molecule has 1 aromatic rings. The second kappa shape index (κ2) is 14.3. The highest BCUT2D eigenvalue weighted by Crippen LogP contribution is 2.25. The number of halogens is 1. The minimum atomic E-state index is -3.14. The Bertz CT molecular complexity index is 706. The number of aliphatic imine (C=N–C) groups is 1. The molecule has 8 nitrogen and oxygen atoms in total. The SMILES string of the molecule is CCNC(=NCC(c1ccco1)N1CCCCC1)NCCCN(CC)S(C)(=O)=O.I. The lowest BCUT2D eigenvalue weighted by Gasteiger charge is -2.32. The molecule has 0 bridgehead atoms. The van der Waals surface area contributed by atoms with E-state index in [-0.39, 0.29) is 30.0 Å². The molecule has 30 heavy (non-hydrogen) atoms. The maximum absolute atomic E-state index is 11.7. The highest BCUT2D eigenvalue weighted by Gasteiger charge is 2.24. The molecule has 2 rings (SSSR count). The predicted molar refractivity (Wildman–Crippen MR) is 133 cm³/mol. The fraction of sp³-hybridized carbons (Fsp3) is 0.750. The molecule has 1 aliphatic heterocycles. The average molecular weight is 556 g/mol. The monoisotopic (exact) mass is 555 g/mol. The number of furan rings is 1. The summed E-state index contributed by atoms with van der Waals surface area (Å²) in [5.41, 5.74) is 0. The zero-order chi connectivity index (χ0) is 21.1. The number of nitrogens with zero attached hydrogens (tertiary/aromatic N) is 3. The topological polar surface area (TPSA) is 90.2 Å². The van der Waals surface area contributed by atoms with E-state index in [0.717, 1.165) is 37.8 Å². The fourth-order valence-electron chi connectivity index (χ4n) is 3.64. The van der Waals surface area contributed by atoms with Gasteiger partial charge in [0.15, 0.2) is 5.96 Å². The van der Waals surface area contributed by atoms with Gasteiger partial charge in [0.1, 0.15) is 5.76 Å². The van der Waals surface area contributed by atoms with Gasteiger partial charge in [0.2, 0.25) is 10.0 Å². The molecule has 0 saturated carbocycles. The molecule has 174 valence electrons. The lowest BCUT2D eigenvalue weighted by molar-refractivity contribution is 0.150. The molecule has 1 aromatic heterocycles. The van der Waals surface area contributed by atoms with E-state index in [0.29, 0.717) is 26.2 Å². The Balaban J connectivity index is 0.00000450. The second-order valence-corrected chi connectivity index (χ2v) is 9.36. The van der Waals surface area contributed by atoms with E-state index < -0.39 is 10.0 Å². The molecular formula is C20H38IN5O3S. The number of hydrogen-bond acceptors (Lipinski definition) is 5. The number of likely N-dealkylation sites (tertiary alicyclic amines) is 1. The van der Waals surface area contributed by atoms with Crippen molar-refractivity contribution in [3.05, 3.63) is 24.2 Å². The lowest BCUT2D eigenvalue weighted by Crippen LogP contribution is -2.40. The summed E-state index contributed by atoms with van der Waals surface area (Å²) in [7, 11) is -3.14. The van der Waals surface area contributed by atoms with Crippen molar-refractivity contribution in [2.24, 2.45) is 4.99 Å². The highest BCUT2D eigenvalue weighted by molar-refractivity contribution is 14.0. The van der Waals surface area contributed by atoms with Gasteiger partial charge in [0.25, 0.3) is 0 Å². The molecule has 0 aliphatic carbocycles. The first kappa shape index (κ1) is 27.2. The molecule has 2 heterocycles. The Morgan fingerprint density at radius 3 is 2.57 bits per heavy atom. The first-order chi connectivity index (χ1) is 14.0. The van der Waals surface area contributed by atoms with Crippen LogP contribution in [-0.4, -0.2) is 75.7 Å². The largest absolute Gasteiger partial charge is 0.468 e. The molecule has 0 aromatic carbocycles. The predicted octanol–water partition coefficient (Wildman–Crippen LogP) is 2.65. The van der Waals surface area contributed by atoms with Crippen LogP contribution in [-0.2, 0) is 10.0 Å². The first-order valence-corrected chi connectivity index (χ1v) is 12.5. The van der Waals surface area contributed by atoms with E-state index >= 15 is 0 Å². The molecule has 0 amide bonds. The summed E-state index contributed by atoms with van der Waals surface area (Å²) in [6.07, 6.45) is 7.42. The van der Waals surface area contributed by atoms with Crippen LogP contribution in [0.2, 0.25) is 0 Å². The fourth-order valence-corrected chi connectivity index (χ4v) is 4.57. The van der Waals surface area contributed by atoms with Crippen LogP contribution in [0, 0.1) is 0 Å². The summed E-state index contributed by atoms with van der Waals surface area (Å²) in [5, 5.41) is 6.60. The number of sulfonamides is 1. The second-order valence-electron chi connectivity index (χ2n) is 7.38. The van der Waals surface area contributed by atoms with Crippen molar-refractivity contribution >= 4 is 40.0 Å². The zero-order valence-corrected chi connectivity index (χ0v) is 21.6. The van der Waals surface area contributed by atoms with E-state index in [2.05, 4.69) is 15.5 Å². The van der Waals surface area contributed by atoms with Crippen LogP contribution in [0.15, 0.2) is 27.8 Å². The van der Waals surface area contributed by atoms with Gasteiger partial charge < -0.3 is 15.1 Å². The third-order valence-corrected chi connectivity index (χ3v) is 6.55. The van der Waals surface area contributed by atoms with Crippen LogP contribution in [0.4, 0.5) is 0 Å². The maximum atomic E-state index is 11.7. The molecule has 1 saturated heterocycles. The standard InChI is InChI=1S/C20H37N5O3S.HI/c1-4-21-20(22-12-10-15-25(5-2)29(3,26)27)23-17-18(19-11-9-16-28-19)24-13-7-6-8-14-24;/h9,11,16,18H,4-8,10,12-15,17H2,1-3H3,(H2,21,22,23);1H. The summed E-state index contributed by atoms with van der Waals surface area (Å²) in [5.74, 6) is 1.71. The average Bonchev–Trinajstić information content (AvgIpc) is 3.22. The summed E-state index contributed by atoms with van der Waals surface area (Å²) >= 11 is 0. The Hall–Kier alpha value is -0.850. The van der Waals surface area contributed by atoms with Gasteiger partial charge in [-0.1, -0.05) is 13.3 Å². The Morgan fingerprint density at radius 2 is 2.00 bits per heavy atom. The van der Waals surface area contributed by atoms with E-state index in [9.17, 15) is 8.42 Å². The lowest BCUT2D eigenvalue weighted by atomic mass is 10.1. The van der Waals surface area contributed by atoms with Gasteiger partial charge in [0.05, 0.1) is 25.1 Å². The minimum absolute atomic E-state index is 0. The molecule has 1 fully saturated rings. The van der Waals surface area contributed by atoms with E-state index in [1.54, 1.807) is 6.26 Å². The highest BCUT2D eigenvalue weighted by atomic mass is 127. The Morgan fingerprint density at radius 1 is 1.27 bits per heavy atom. The molecule has 1 atom stereocenters. The van der Waals surface area contributed by atoms with Crippen molar-refractivity contribution in [2.45, 2.75) is 45.6 Å². The molecule has 2 N–H and O–H groups in total. The van der Waals surface area contributed by atoms with Crippen molar-refractivity contribution in [1.29, 1.82) is 0 Å². The van der Waals surface area contributed by atoms with Crippen molar-refractivity contribution in [3.63, 3.8) is 0 Å². The normalized spacial score (nSPS) is 16.9. The van der Waals surface area contributed by atoms with Crippen LogP contribution >= 0.6 is 24.0 Å². The van der Waals surface area contributed by atoms with Gasteiger partial charge >= 0.3 is 0 Å². The number of guanidine groups is 1. The van der Waals surface area contributed by atoms with Crippen LogP contribution < -0.4 is 10.6 Å². The van der Waals surface area contributed by atoms with Gasteiger partial charge in [-0.15, -0.1) is 24.0 Å². The van der Waals surface area contributed by atoms with Crippen LogP contribution in [0.5, 0.6) is 0 Å². The molecule has 0 spiro atoms. The zero-order valence-electron chi connectivity index (χ0n) is 18.5. The van der Waals surface area contributed by atoms with Crippen molar-refractivity contribution < 1.29 is 12.8 Å². The number of rotatable bonds is 11. The Labute approximate surface area is 198 Å². The molecule has 0 radical (unpaired) electrons. The van der Waals surface area contributed by atoms with Crippen LogP contribution in [0.1, 0.15) is 51.3 Å². The maximum Gasteiger partial charge on any atom is 0.211 e. The quantitative estimate of drug-likeness (QED) is 0.189. The number of piperidine rings is 1. The third kappa shape index (κ3) is 9.11. The van der Waals surface area contributed by atoms with Crippen molar-refractivity contribution in [3.8, 4) is 0 Å². The molecular weight excluding hydrogens is 517 g/mol. The summed E-state index contributed by atoms with van der Waals surface area (Å²) in [4.78, 5) is 7.25. The summed E-state index contributed by atoms with van der Waals surface area (Å²) < 4.78 is 30.6. The van der Waals surface area contributed by atoms with Crippen molar-refractivity contribution in [2.75, 3.05) is 52.1 Å². The molecule has 10 heteroatoms. The summed E-state index contributed by atoms with van der Waals surface area (Å²) in [6, 6.07) is 4.10. The smallest absolute Gasteiger partial charge is 0.211 e. The van der Waals surface area contributed by atoms with Gasteiger partial charge in [-0.2, -0.15) is 0 Å². The van der Waals surface area contributed by atoms with Crippen LogP contribution in [0.3, 0.4) is 0 Å². The molecule has 1 aliphatic rings. The Kier molecular flexibility index (Phi) is 12.9. The third-order valence-electron chi connectivity index (χ3n) is 5.17.